The first-order valence-electron chi connectivity index (χ1n) is 12.7. The second-order valence-electron chi connectivity index (χ2n) is 9.45. The van der Waals surface area contributed by atoms with Gasteiger partial charge in [-0.05, 0) is 48.7 Å². The molecule has 8 heteroatoms. The summed E-state index contributed by atoms with van der Waals surface area (Å²) in [6.45, 7) is 2.38. The summed E-state index contributed by atoms with van der Waals surface area (Å²) in [4.78, 5) is 31.2. The molecule has 0 bridgehead atoms. The summed E-state index contributed by atoms with van der Waals surface area (Å²) in [6, 6.07) is 24.9. The SMILES string of the molecule is Cc1ccccc1Nc1ncc(C(=O)N[C@H]2COc3ccccc3C2)cc1NC(=O)c1csc2ccccc12. The van der Waals surface area contributed by atoms with Crippen LogP contribution in [0.25, 0.3) is 10.1 Å². The molecule has 7 nitrogen and oxygen atoms in total. The van der Waals surface area contributed by atoms with Crippen molar-refractivity contribution >= 4 is 50.4 Å². The maximum absolute atomic E-state index is 13.4. The summed E-state index contributed by atoms with van der Waals surface area (Å²) in [6.07, 6.45) is 2.19. The van der Waals surface area contributed by atoms with Gasteiger partial charge in [0.25, 0.3) is 11.8 Å². The van der Waals surface area contributed by atoms with E-state index in [0.29, 0.717) is 35.7 Å². The molecule has 39 heavy (non-hydrogen) atoms. The van der Waals surface area contributed by atoms with Crippen LogP contribution < -0.4 is 20.7 Å². The van der Waals surface area contributed by atoms with Crippen LogP contribution in [0.3, 0.4) is 0 Å². The number of rotatable bonds is 6. The van der Waals surface area contributed by atoms with E-state index in [2.05, 4.69) is 20.9 Å². The Hall–Kier alpha value is -4.69. The predicted molar refractivity (Wildman–Crippen MR) is 155 cm³/mol. The Bertz CT molecular complexity index is 1700. The number of nitrogens with one attached hydrogen (secondary N) is 3. The Morgan fingerprint density at radius 3 is 2.64 bits per heavy atom. The van der Waals surface area contributed by atoms with Gasteiger partial charge in [-0.1, -0.05) is 54.6 Å². The van der Waals surface area contributed by atoms with Gasteiger partial charge in [-0.25, -0.2) is 4.98 Å². The molecule has 194 valence electrons. The van der Waals surface area contributed by atoms with E-state index in [4.69, 9.17) is 4.74 Å². The highest BCUT2D eigenvalue weighted by Gasteiger charge is 2.23. The lowest BCUT2D eigenvalue weighted by atomic mass is 10.0. The number of pyridine rings is 1. The third-order valence-electron chi connectivity index (χ3n) is 6.74. The summed E-state index contributed by atoms with van der Waals surface area (Å²) in [7, 11) is 0. The summed E-state index contributed by atoms with van der Waals surface area (Å²) in [5.41, 5.74) is 4.27. The normalized spacial score (nSPS) is 14.2. The van der Waals surface area contributed by atoms with Crippen LogP contribution >= 0.6 is 11.3 Å². The Morgan fingerprint density at radius 1 is 0.949 bits per heavy atom. The lowest BCUT2D eigenvalue weighted by Gasteiger charge is -2.26. The van der Waals surface area contributed by atoms with E-state index in [9.17, 15) is 9.59 Å². The number of ether oxygens (including phenoxy) is 1. The van der Waals surface area contributed by atoms with E-state index in [0.717, 1.165) is 32.6 Å². The molecular weight excluding hydrogens is 508 g/mol. The molecule has 0 spiro atoms. The first-order valence-corrected chi connectivity index (χ1v) is 13.5. The number of amides is 2. The Morgan fingerprint density at radius 2 is 1.74 bits per heavy atom. The van der Waals surface area contributed by atoms with Crippen LogP contribution in [0.15, 0.2) is 90.4 Å². The van der Waals surface area contributed by atoms with Crippen LogP contribution in [0.4, 0.5) is 17.2 Å². The molecule has 6 rings (SSSR count). The fourth-order valence-corrected chi connectivity index (χ4v) is 5.60. The van der Waals surface area contributed by atoms with E-state index in [1.807, 2.05) is 85.1 Å². The summed E-state index contributed by atoms with van der Waals surface area (Å²) in [5.74, 6) is 0.747. The minimum Gasteiger partial charge on any atom is -0.491 e. The van der Waals surface area contributed by atoms with E-state index < -0.39 is 0 Å². The number of nitrogens with zero attached hydrogens (tertiary/aromatic N) is 1. The fraction of sp³-hybridized carbons (Fsp3) is 0.129. The first-order chi connectivity index (χ1) is 19.0. The number of hydrogen-bond donors (Lipinski definition) is 3. The van der Waals surface area contributed by atoms with Crippen molar-refractivity contribution in [1.29, 1.82) is 0 Å². The lowest BCUT2D eigenvalue weighted by Crippen LogP contribution is -2.42. The van der Waals surface area contributed by atoms with E-state index in [-0.39, 0.29) is 17.9 Å². The van der Waals surface area contributed by atoms with E-state index in [1.165, 1.54) is 17.5 Å². The Kier molecular flexibility index (Phi) is 6.69. The summed E-state index contributed by atoms with van der Waals surface area (Å²) < 4.78 is 6.86. The molecule has 3 heterocycles. The molecule has 3 N–H and O–H groups in total. The third-order valence-corrected chi connectivity index (χ3v) is 7.70. The van der Waals surface area contributed by atoms with Crippen LogP contribution in [0.1, 0.15) is 31.8 Å². The number of thiophene rings is 1. The van der Waals surface area contributed by atoms with E-state index in [1.54, 1.807) is 6.07 Å². The molecule has 0 saturated heterocycles. The zero-order valence-electron chi connectivity index (χ0n) is 21.2. The van der Waals surface area contributed by atoms with Crippen molar-refractivity contribution in [2.75, 3.05) is 17.2 Å². The van der Waals surface area contributed by atoms with Crippen LogP contribution in [0.2, 0.25) is 0 Å². The monoisotopic (exact) mass is 534 g/mol. The highest BCUT2D eigenvalue weighted by molar-refractivity contribution is 7.17. The number of aromatic nitrogens is 1. The molecule has 0 unspecified atom stereocenters. The number of para-hydroxylation sites is 2. The third kappa shape index (κ3) is 5.19. The van der Waals surface area contributed by atoms with Crippen LogP contribution in [-0.4, -0.2) is 29.4 Å². The largest absolute Gasteiger partial charge is 0.491 e. The number of anilines is 3. The Labute approximate surface area is 229 Å². The number of carbonyl (C=O) groups excluding carboxylic acids is 2. The molecule has 2 aromatic heterocycles. The minimum absolute atomic E-state index is 0.174. The summed E-state index contributed by atoms with van der Waals surface area (Å²) >= 11 is 1.52. The van der Waals surface area contributed by atoms with Gasteiger partial charge >= 0.3 is 0 Å². The molecule has 0 saturated carbocycles. The van der Waals surface area contributed by atoms with Gasteiger partial charge < -0.3 is 20.7 Å². The zero-order chi connectivity index (χ0) is 26.8. The van der Waals surface area contributed by atoms with Crippen molar-refractivity contribution in [1.82, 2.24) is 10.3 Å². The van der Waals surface area contributed by atoms with Gasteiger partial charge in [-0.15, -0.1) is 11.3 Å². The van der Waals surface area contributed by atoms with Crippen molar-refractivity contribution in [2.45, 2.75) is 19.4 Å². The van der Waals surface area contributed by atoms with Crippen molar-refractivity contribution in [3.8, 4) is 5.75 Å². The fourth-order valence-electron chi connectivity index (χ4n) is 4.66. The highest BCUT2D eigenvalue weighted by atomic mass is 32.1. The van der Waals surface area contributed by atoms with Crippen molar-refractivity contribution in [3.63, 3.8) is 0 Å². The average Bonchev–Trinajstić information content (AvgIpc) is 3.39. The van der Waals surface area contributed by atoms with Gasteiger partial charge in [0.15, 0.2) is 5.82 Å². The van der Waals surface area contributed by atoms with Crippen LogP contribution in [-0.2, 0) is 6.42 Å². The van der Waals surface area contributed by atoms with Crippen LogP contribution in [0, 0.1) is 6.92 Å². The maximum atomic E-state index is 13.4. The number of fused-ring (bicyclic) bond motifs is 2. The van der Waals surface area contributed by atoms with Gasteiger partial charge in [-0.3, -0.25) is 9.59 Å². The van der Waals surface area contributed by atoms with Crippen LogP contribution in [0.5, 0.6) is 5.75 Å². The van der Waals surface area contributed by atoms with Gasteiger partial charge in [-0.2, -0.15) is 0 Å². The van der Waals surface area contributed by atoms with Gasteiger partial charge in [0.2, 0.25) is 0 Å². The molecule has 0 fully saturated rings. The molecular formula is C31H26N4O3S. The molecule has 1 aliphatic rings. The number of benzene rings is 3. The average molecular weight is 535 g/mol. The topological polar surface area (TPSA) is 92.3 Å². The predicted octanol–water partition coefficient (Wildman–Crippen LogP) is 6.33. The summed E-state index contributed by atoms with van der Waals surface area (Å²) in [5, 5.41) is 12.1. The molecule has 5 aromatic rings. The number of aryl methyl sites for hydroxylation is 1. The number of carbonyl (C=O) groups is 2. The molecule has 0 radical (unpaired) electrons. The van der Waals surface area contributed by atoms with Crippen molar-refractivity contribution in [3.05, 3.63) is 113 Å². The molecule has 2 amide bonds. The second kappa shape index (κ2) is 10.6. The highest BCUT2D eigenvalue weighted by Crippen LogP contribution is 2.30. The second-order valence-corrected chi connectivity index (χ2v) is 10.4. The zero-order valence-corrected chi connectivity index (χ0v) is 22.0. The Balaban J connectivity index is 1.28. The van der Waals surface area contributed by atoms with Crippen molar-refractivity contribution < 1.29 is 14.3 Å². The molecule has 1 atom stereocenters. The minimum atomic E-state index is -0.283. The van der Waals surface area contributed by atoms with Gasteiger partial charge in [0, 0.05) is 27.4 Å². The first kappa shape index (κ1) is 24.6. The lowest BCUT2D eigenvalue weighted by molar-refractivity contribution is 0.0914. The smallest absolute Gasteiger partial charge is 0.257 e. The van der Waals surface area contributed by atoms with E-state index >= 15 is 0 Å². The molecule has 3 aromatic carbocycles. The van der Waals surface area contributed by atoms with Gasteiger partial charge in [0.05, 0.1) is 22.9 Å². The van der Waals surface area contributed by atoms with Gasteiger partial charge in [0.1, 0.15) is 12.4 Å². The standard InChI is InChI=1S/C31H26N4O3S/c1-19-8-2-5-11-25(19)34-29-26(35-31(37)24-18-39-28-13-7-4-10-23(24)28)15-21(16-32-29)30(36)33-22-14-20-9-3-6-12-27(20)38-17-22/h2-13,15-16,18,22H,14,17H2,1H3,(H,32,34)(H,33,36)(H,35,37)/t22-/m1/s1. The number of hydrogen-bond acceptors (Lipinski definition) is 6. The maximum Gasteiger partial charge on any atom is 0.257 e. The van der Waals surface area contributed by atoms with Crippen molar-refractivity contribution in [2.24, 2.45) is 0 Å². The molecule has 1 aliphatic heterocycles. The molecule has 0 aliphatic carbocycles. The quantitative estimate of drug-likeness (QED) is 0.237.